The number of benzene rings is 1. The highest BCUT2D eigenvalue weighted by Crippen LogP contribution is 2.14. The Bertz CT molecular complexity index is 543. The van der Waals surface area contributed by atoms with E-state index in [4.69, 9.17) is 5.11 Å². The average molecular weight is 298 g/mol. The first-order valence-electron chi connectivity index (χ1n) is 6.66. The van der Waals surface area contributed by atoms with Crippen molar-refractivity contribution in [2.24, 2.45) is 0 Å². The molecule has 1 aromatic carbocycles. The summed E-state index contributed by atoms with van der Waals surface area (Å²) >= 11 is 0. The zero-order valence-corrected chi connectivity index (χ0v) is 11.4. The van der Waals surface area contributed by atoms with Crippen molar-refractivity contribution in [1.29, 1.82) is 0 Å². The molecule has 0 radical (unpaired) electrons. The minimum Gasteiger partial charge on any atom is -0.481 e. The van der Waals surface area contributed by atoms with E-state index in [2.05, 4.69) is 0 Å². The molecule has 1 N–H and O–H groups in total. The molecule has 7 heteroatoms. The number of carboxylic acids is 1. The number of halogens is 2. The minimum atomic E-state index is -0.867. The van der Waals surface area contributed by atoms with Gasteiger partial charge in [-0.1, -0.05) is 0 Å². The number of piperazine rings is 1. The van der Waals surface area contributed by atoms with Gasteiger partial charge in [-0.25, -0.2) is 8.78 Å². The maximum Gasteiger partial charge on any atom is 0.304 e. The van der Waals surface area contributed by atoms with Gasteiger partial charge in [-0.2, -0.15) is 0 Å². The molecule has 21 heavy (non-hydrogen) atoms. The molecule has 1 aromatic rings. The minimum absolute atomic E-state index is 0.0561. The Kier molecular flexibility index (Phi) is 4.85. The van der Waals surface area contributed by atoms with Crippen LogP contribution in [0, 0.1) is 11.6 Å². The molecule has 114 valence electrons. The lowest BCUT2D eigenvalue weighted by Gasteiger charge is -2.34. The highest BCUT2D eigenvalue weighted by Gasteiger charge is 2.24. The first-order chi connectivity index (χ1) is 9.97. The number of amides is 1. The van der Waals surface area contributed by atoms with Crippen molar-refractivity contribution in [3.63, 3.8) is 0 Å². The monoisotopic (exact) mass is 298 g/mol. The molecule has 1 fully saturated rings. The summed E-state index contributed by atoms with van der Waals surface area (Å²) in [6.07, 6.45) is 0.0561. The number of carbonyl (C=O) groups is 2. The molecule has 1 amide bonds. The molecule has 0 saturated carbocycles. The van der Waals surface area contributed by atoms with Gasteiger partial charge >= 0.3 is 5.97 Å². The lowest BCUT2D eigenvalue weighted by molar-refractivity contribution is -0.137. The first kappa shape index (κ1) is 15.4. The summed E-state index contributed by atoms with van der Waals surface area (Å²) in [4.78, 5) is 26.1. The van der Waals surface area contributed by atoms with Crippen LogP contribution in [0.25, 0.3) is 0 Å². The van der Waals surface area contributed by atoms with Crippen molar-refractivity contribution >= 4 is 11.9 Å². The number of rotatable bonds is 4. The summed E-state index contributed by atoms with van der Waals surface area (Å²) in [6.45, 7) is 2.32. The highest BCUT2D eigenvalue weighted by molar-refractivity contribution is 5.94. The fraction of sp³-hybridized carbons (Fsp3) is 0.429. The van der Waals surface area contributed by atoms with Crippen LogP contribution in [-0.4, -0.2) is 59.5 Å². The van der Waals surface area contributed by atoms with Crippen molar-refractivity contribution < 1.29 is 23.5 Å². The predicted octanol–water partition coefficient (Wildman–Crippen LogP) is 1.20. The number of hydrogen-bond donors (Lipinski definition) is 1. The van der Waals surface area contributed by atoms with E-state index in [9.17, 15) is 18.4 Å². The van der Waals surface area contributed by atoms with Gasteiger partial charge in [0.1, 0.15) is 11.6 Å². The van der Waals surface area contributed by atoms with E-state index in [0.29, 0.717) is 38.8 Å². The molecule has 1 aliphatic rings. The maximum absolute atomic E-state index is 13.6. The Morgan fingerprint density at radius 3 is 2.38 bits per heavy atom. The highest BCUT2D eigenvalue weighted by atomic mass is 19.1. The predicted molar refractivity (Wildman–Crippen MR) is 71.0 cm³/mol. The lowest BCUT2D eigenvalue weighted by atomic mass is 10.1. The molecule has 5 nitrogen and oxygen atoms in total. The van der Waals surface area contributed by atoms with Crippen molar-refractivity contribution in [2.75, 3.05) is 32.7 Å². The Labute approximate surface area is 120 Å². The van der Waals surface area contributed by atoms with Crippen LogP contribution in [0.15, 0.2) is 18.2 Å². The molecule has 0 atom stereocenters. The van der Waals surface area contributed by atoms with Crippen LogP contribution in [-0.2, 0) is 4.79 Å². The molecular weight excluding hydrogens is 282 g/mol. The topological polar surface area (TPSA) is 60.9 Å². The maximum atomic E-state index is 13.6. The number of nitrogens with zero attached hydrogens (tertiary/aromatic N) is 2. The van der Waals surface area contributed by atoms with E-state index < -0.39 is 23.5 Å². The van der Waals surface area contributed by atoms with Crippen LogP contribution < -0.4 is 0 Å². The molecule has 2 rings (SSSR count). The smallest absolute Gasteiger partial charge is 0.304 e. The van der Waals surface area contributed by atoms with Gasteiger partial charge in [-0.05, 0) is 12.1 Å². The molecule has 0 unspecified atom stereocenters. The summed E-state index contributed by atoms with van der Waals surface area (Å²) in [5.41, 5.74) is -0.143. The number of carboxylic acid groups (broad SMARTS) is 1. The Balaban J connectivity index is 1.92. The van der Waals surface area contributed by atoms with Gasteiger partial charge < -0.3 is 10.0 Å². The summed E-state index contributed by atoms with van der Waals surface area (Å²) in [7, 11) is 0. The second-order valence-corrected chi connectivity index (χ2v) is 4.90. The second kappa shape index (κ2) is 6.62. The third-order valence-electron chi connectivity index (χ3n) is 3.46. The van der Waals surface area contributed by atoms with Crippen molar-refractivity contribution in [1.82, 2.24) is 9.80 Å². The zero-order chi connectivity index (χ0) is 15.4. The summed E-state index contributed by atoms with van der Waals surface area (Å²) in [6, 6.07) is 2.89. The SMILES string of the molecule is O=C(O)CCN1CCN(C(=O)c2ccc(F)cc2F)CC1. The van der Waals surface area contributed by atoms with Crippen LogP contribution in [0.1, 0.15) is 16.8 Å². The number of carbonyl (C=O) groups excluding carboxylic acids is 1. The molecule has 1 aliphatic heterocycles. The van der Waals surface area contributed by atoms with E-state index in [-0.39, 0.29) is 12.0 Å². The zero-order valence-electron chi connectivity index (χ0n) is 11.4. The normalized spacial score (nSPS) is 16.0. The van der Waals surface area contributed by atoms with E-state index in [1.807, 2.05) is 4.90 Å². The van der Waals surface area contributed by atoms with Crippen molar-refractivity contribution in [2.45, 2.75) is 6.42 Å². The van der Waals surface area contributed by atoms with Crippen molar-refractivity contribution in [3.8, 4) is 0 Å². The summed E-state index contributed by atoms with van der Waals surface area (Å²) in [5.74, 6) is -2.91. The van der Waals surface area contributed by atoms with Crippen LogP contribution >= 0.6 is 0 Å². The number of hydrogen-bond acceptors (Lipinski definition) is 3. The molecule has 1 saturated heterocycles. The third kappa shape index (κ3) is 3.98. The Morgan fingerprint density at radius 1 is 1.14 bits per heavy atom. The first-order valence-corrected chi connectivity index (χ1v) is 6.66. The average Bonchev–Trinajstić information content (AvgIpc) is 2.45. The molecule has 0 aliphatic carbocycles. The van der Waals surface area contributed by atoms with E-state index in [1.54, 1.807) is 0 Å². The van der Waals surface area contributed by atoms with Crippen LogP contribution in [0.2, 0.25) is 0 Å². The molecule has 1 heterocycles. The fourth-order valence-corrected chi connectivity index (χ4v) is 2.26. The van der Waals surface area contributed by atoms with Gasteiger partial charge in [0, 0.05) is 38.8 Å². The van der Waals surface area contributed by atoms with E-state index in [0.717, 1.165) is 12.1 Å². The van der Waals surface area contributed by atoms with Crippen LogP contribution in [0.5, 0.6) is 0 Å². The third-order valence-corrected chi connectivity index (χ3v) is 3.46. The van der Waals surface area contributed by atoms with Crippen molar-refractivity contribution in [3.05, 3.63) is 35.4 Å². The van der Waals surface area contributed by atoms with Gasteiger partial charge in [-0.15, -0.1) is 0 Å². The van der Waals surface area contributed by atoms with Gasteiger partial charge in [0.05, 0.1) is 12.0 Å². The number of aliphatic carboxylic acids is 1. The molecule has 0 bridgehead atoms. The summed E-state index contributed by atoms with van der Waals surface area (Å²) in [5, 5.41) is 8.62. The van der Waals surface area contributed by atoms with E-state index in [1.165, 1.54) is 4.90 Å². The van der Waals surface area contributed by atoms with Gasteiger partial charge in [-0.3, -0.25) is 14.5 Å². The Hall–Kier alpha value is -2.02. The molecule has 0 aromatic heterocycles. The van der Waals surface area contributed by atoms with E-state index >= 15 is 0 Å². The fourth-order valence-electron chi connectivity index (χ4n) is 2.26. The quantitative estimate of drug-likeness (QED) is 0.907. The Morgan fingerprint density at radius 2 is 1.81 bits per heavy atom. The summed E-state index contributed by atoms with van der Waals surface area (Å²) < 4.78 is 26.4. The second-order valence-electron chi connectivity index (χ2n) is 4.90. The molecule has 0 spiro atoms. The largest absolute Gasteiger partial charge is 0.481 e. The molecular formula is C14H16F2N2O3. The standard InChI is InChI=1S/C14H16F2N2O3/c15-10-1-2-11(12(16)9-10)14(21)18-7-5-17(6-8-18)4-3-13(19)20/h1-2,9H,3-8H2,(H,19,20). The lowest BCUT2D eigenvalue weighted by Crippen LogP contribution is -2.49. The van der Waals surface area contributed by atoms with Gasteiger partial charge in [0.2, 0.25) is 0 Å². The van der Waals surface area contributed by atoms with Gasteiger partial charge in [0.25, 0.3) is 5.91 Å². The van der Waals surface area contributed by atoms with Crippen LogP contribution in [0.3, 0.4) is 0 Å². The van der Waals surface area contributed by atoms with Gasteiger partial charge in [0.15, 0.2) is 0 Å². The van der Waals surface area contributed by atoms with Crippen LogP contribution in [0.4, 0.5) is 8.78 Å².